The molecular weight excluding hydrogens is 442 g/mol. The van der Waals surface area contributed by atoms with E-state index in [-0.39, 0.29) is 31.0 Å². The first-order valence-electron chi connectivity index (χ1n) is 12.2. The fourth-order valence-corrected chi connectivity index (χ4v) is 4.24. The molecule has 35 heavy (non-hydrogen) atoms. The molecule has 186 valence electrons. The van der Waals surface area contributed by atoms with Crippen molar-refractivity contribution in [2.24, 2.45) is 0 Å². The summed E-state index contributed by atoms with van der Waals surface area (Å²) < 4.78 is 25.2. The summed E-state index contributed by atoms with van der Waals surface area (Å²) in [5.74, 6) is 0. The Morgan fingerprint density at radius 2 is 1.23 bits per heavy atom. The predicted octanol–water partition coefficient (Wildman–Crippen LogP) is 3.72. The van der Waals surface area contributed by atoms with Gasteiger partial charge >= 0.3 is 0 Å². The Labute approximate surface area is 207 Å². The Morgan fingerprint density at radius 1 is 0.714 bits per heavy atom. The van der Waals surface area contributed by atoms with E-state index in [4.69, 9.17) is 18.9 Å². The van der Waals surface area contributed by atoms with Gasteiger partial charge in [0.25, 0.3) is 0 Å². The summed E-state index contributed by atoms with van der Waals surface area (Å²) in [7, 11) is 0. The number of hydrogen-bond donors (Lipinski definition) is 2. The maximum atomic E-state index is 9.39. The molecule has 0 spiro atoms. The zero-order valence-corrected chi connectivity index (χ0v) is 20.0. The first-order valence-corrected chi connectivity index (χ1v) is 12.2. The minimum absolute atomic E-state index is 0.0427. The van der Waals surface area contributed by atoms with E-state index in [1.165, 1.54) is 0 Å². The summed E-state index contributed by atoms with van der Waals surface area (Å²) in [6.45, 7) is 2.76. The van der Waals surface area contributed by atoms with Crippen molar-refractivity contribution in [3.05, 3.63) is 108 Å². The Morgan fingerprint density at radius 3 is 1.77 bits per heavy atom. The molecule has 6 nitrogen and oxygen atoms in total. The van der Waals surface area contributed by atoms with Crippen molar-refractivity contribution >= 4 is 0 Å². The minimum atomic E-state index is -0.348. The highest BCUT2D eigenvalue weighted by Crippen LogP contribution is 2.25. The van der Waals surface area contributed by atoms with Crippen molar-refractivity contribution in [3.63, 3.8) is 0 Å². The van der Waals surface area contributed by atoms with E-state index in [1.54, 1.807) is 0 Å². The number of rotatable bonds is 13. The van der Waals surface area contributed by atoms with E-state index in [9.17, 15) is 5.11 Å². The molecule has 4 atom stereocenters. The van der Waals surface area contributed by atoms with Crippen LogP contribution in [-0.4, -0.2) is 55.8 Å². The molecule has 0 aromatic heterocycles. The molecule has 2 N–H and O–H groups in total. The molecule has 0 aliphatic carbocycles. The monoisotopic (exact) mass is 477 g/mol. The van der Waals surface area contributed by atoms with Gasteiger partial charge in [0, 0.05) is 6.54 Å². The van der Waals surface area contributed by atoms with E-state index in [1.807, 2.05) is 78.9 Å². The largest absolute Gasteiger partial charge is 0.395 e. The van der Waals surface area contributed by atoms with Crippen LogP contribution in [0.25, 0.3) is 0 Å². The molecule has 3 aromatic rings. The first kappa shape index (κ1) is 25.5. The lowest BCUT2D eigenvalue weighted by molar-refractivity contribution is -0.208. The van der Waals surface area contributed by atoms with Gasteiger partial charge in [-0.15, -0.1) is 0 Å². The Kier molecular flexibility index (Phi) is 10.3. The van der Waals surface area contributed by atoms with Gasteiger partial charge in [0.2, 0.25) is 0 Å². The van der Waals surface area contributed by atoms with Crippen molar-refractivity contribution < 1.29 is 24.1 Å². The standard InChI is InChI=1S/C29H35NO5/c31-17-16-30-26-21-33-27(22-32-18-23-10-4-1-5-11-23)29(35-20-25-14-8-3-9-15-25)28(26)34-19-24-12-6-2-7-13-24/h1-15,26-31H,16-22H2/t26-,27-,28-,29+/m1/s1. The van der Waals surface area contributed by atoms with Crippen molar-refractivity contribution in [1.82, 2.24) is 5.32 Å². The Bertz CT molecular complexity index is 957. The van der Waals surface area contributed by atoms with Gasteiger partial charge in [-0.1, -0.05) is 91.0 Å². The van der Waals surface area contributed by atoms with Crippen molar-refractivity contribution in [2.75, 3.05) is 26.4 Å². The molecule has 0 bridgehead atoms. The molecule has 0 radical (unpaired) electrons. The van der Waals surface area contributed by atoms with E-state index in [2.05, 4.69) is 17.4 Å². The Balaban J connectivity index is 1.47. The third-order valence-electron chi connectivity index (χ3n) is 6.06. The van der Waals surface area contributed by atoms with Gasteiger partial charge in [-0.25, -0.2) is 0 Å². The van der Waals surface area contributed by atoms with Crippen LogP contribution in [0.4, 0.5) is 0 Å². The highest BCUT2D eigenvalue weighted by atomic mass is 16.6. The first-order chi connectivity index (χ1) is 17.3. The molecule has 1 heterocycles. The van der Waals surface area contributed by atoms with E-state index in [0.29, 0.717) is 39.6 Å². The highest BCUT2D eigenvalue weighted by Gasteiger charge is 2.42. The third-order valence-corrected chi connectivity index (χ3v) is 6.06. The predicted molar refractivity (Wildman–Crippen MR) is 135 cm³/mol. The maximum Gasteiger partial charge on any atom is 0.114 e. The van der Waals surface area contributed by atoms with Crippen LogP contribution in [0.3, 0.4) is 0 Å². The second-order valence-corrected chi connectivity index (χ2v) is 8.68. The summed E-state index contributed by atoms with van der Waals surface area (Å²) in [4.78, 5) is 0. The van der Waals surface area contributed by atoms with Gasteiger partial charge in [-0.3, -0.25) is 0 Å². The molecule has 0 amide bonds. The third kappa shape index (κ3) is 7.97. The van der Waals surface area contributed by atoms with Crippen LogP contribution >= 0.6 is 0 Å². The SMILES string of the molecule is OCCN[C@@H]1CO[C@H](COCc2ccccc2)[C@H](OCc2ccccc2)[C@@H]1OCc1ccccc1. The average Bonchev–Trinajstić information content (AvgIpc) is 2.92. The van der Waals surface area contributed by atoms with Gasteiger partial charge in [0.15, 0.2) is 0 Å². The molecule has 1 saturated heterocycles. The topological polar surface area (TPSA) is 69.2 Å². The number of ether oxygens (including phenoxy) is 4. The lowest BCUT2D eigenvalue weighted by Crippen LogP contribution is -2.61. The second kappa shape index (κ2) is 14.1. The van der Waals surface area contributed by atoms with Gasteiger partial charge in [0.05, 0.1) is 45.7 Å². The van der Waals surface area contributed by atoms with Crippen molar-refractivity contribution in [3.8, 4) is 0 Å². The van der Waals surface area contributed by atoms with Crippen LogP contribution in [0.2, 0.25) is 0 Å². The average molecular weight is 478 g/mol. The molecular formula is C29H35NO5. The second-order valence-electron chi connectivity index (χ2n) is 8.68. The normalized spacial score (nSPS) is 22.2. The van der Waals surface area contributed by atoms with E-state index < -0.39 is 0 Å². The number of aliphatic hydroxyl groups is 1. The zero-order valence-electron chi connectivity index (χ0n) is 20.0. The molecule has 1 fully saturated rings. The van der Waals surface area contributed by atoms with Crippen LogP contribution in [0, 0.1) is 0 Å². The fourth-order valence-electron chi connectivity index (χ4n) is 4.24. The summed E-state index contributed by atoms with van der Waals surface area (Å²) >= 11 is 0. The number of hydrogen-bond acceptors (Lipinski definition) is 6. The van der Waals surface area contributed by atoms with Crippen LogP contribution < -0.4 is 5.32 Å². The van der Waals surface area contributed by atoms with Gasteiger partial charge < -0.3 is 29.4 Å². The molecule has 3 aromatic carbocycles. The molecule has 4 rings (SSSR count). The lowest BCUT2D eigenvalue weighted by Gasteiger charge is -2.42. The Hall–Kier alpha value is -2.58. The molecule has 0 unspecified atom stereocenters. The maximum absolute atomic E-state index is 9.39. The quantitative estimate of drug-likeness (QED) is 0.391. The van der Waals surface area contributed by atoms with Crippen molar-refractivity contribution in [1.29, 1.82) is 0 Å². The zero-order chi connectivity index (χ0) is 24.1. The minimum Gasteiger partial charge on any atom is -0.395 e. The van der Waals surface area contributed by atoms with Gasteiger partial charge in [-0.05, 0) is 16.7 Å². The summed E-state index contributed by atoms with van der Waals surface area (Å²) in [6.07, 6.45) is -0.903. The smallest absolute Gasteiger partial charge is 0.114 e. The number of aliphatic hydroxyl groups excluding tert-OH is 1. The summed E-state index contributed by atoms with van der Waals surface area (Å²) in [5, 5.41) is 12.8. The van der Waals surface area contributed by atoms with E-state index in [0.717, 1.165) is 16.7 Å². The molecule has 0 saturated carbocycles. The lowest BCUT2D eigenvalue weighted by atomic mass is 9.97. The van der Waals surface area contributed by atoms with Crippen molar-refractivity contribution in [2.45, 2.75) is 44.2 Å². The van der Waals surface area contributed by atoms with E-state index >= 15 is 0 Å². The highest BCUT2D eigenvalue weighted by molar-refractivity contribution is 5.15. The van der Waals surface area contributed by atoms with Gasteiger partial charge in [0.1, 0.15) is 18.3 Å². The van der Waals surface area contributed by atoms with Crippen LogP contribution in [0.15, 0.2) is 91.0 Å². The number of nitrogens with one attached hydrogen (secondary N) is 1. The fraction of sp³-hybridized carbons (Fsp3) is 0.379. The van der Waals surface area contributed by atoms with Crippen LogP contribution in [0.5, 0.6) is 0 Å². The summed E-state index contributed by atoms with van der Waals surface area (Å²) in [6, 6.07) is 30.2. The molecule has 6 heteroatoms. The summed E-state index contributed by atoms with van der Waals surface area (Å²) in [5.41, 5.74) is 3.30. The molecule has 1 aliphatic heterocycles. The van der Waals surface area contributed by atoms with Gasteiger partial charge in [-0.2, -0.15) is 0 Å². The van der Waals surface area contributed by atoms with Crippen LogP contribution in [-0.2, 0) is 38.8 Å². The molecule has 1 aliphatic rings. The van der Waals surface area contributed by atoms with Crippen LogP contribution in [0.1, 0.15) is 16.7 Å². The number of benzene rings is 3.